The molecule has 1 fully saturated rings. The molecule has 0 amide bonds. The highest BCUT2D eigenvalue weighted by Crippen LogP contribution is 2.29. The molecule has 3 rings (SSSR count). The zero-order valence-electron chi connectivity index (χ0n) is 12.9. The van der Waals surface area contributed by atoms with Crippen LogP contribution in [0.15, 0.2) is 11.6 Å². The van der Waals surface area contributed by atoms with Gasteiger partial charge in [0.25, 0.3) is 4.96 Å². The van der Waals surface area contributed by atoms with Crippen LogP contribution in [0.1, 0.15) is 26.7 Å². The van der Waals surface area contributed by atoms with Crippen molar-refractivity contribution in [1.29, 1.82) is 0 Å². The van der Waals surface area contributed by atoms with Crippen molar-refractivity contribution >= 4 is 27.9 Å². The lowest BCUT2D eigenvalue weighted by Gasteiger charge is -2.33. The maximum atomic E-state index is 11.3. The van der Waals surface area contributed by atoms with Crippen molar-refractivity contribution in [3.63, 3.8) is 0 Å². The number of hydrogen-bond donors (Lipinski definition) is 1. The average Bonchev–Trinajstić information content (AvgIpc) is 3.00. The monoisotopic (exact) mass is 323 g/mol. The maximum absolute atomic E-state index is 11.3. The van der Waals surface area contributed by atoms with Crippen LogP contribution in [0.3, 0.4) is 0 Å². The Bertz CT molecular complexity index is 657. The van der Waals surface area contributed by atoms with E-state index in [0.717, 1.165) is 32.5 Å². The number of likely N-dealkylation sites (tertiary alicyclic amines) is 1. The zero-order valence-corrected chi connectivity index (χ0v) is 13.7. The number of nitro groups is 1. The Kier molecular flexibility index (Phi) is 4.30. The van der Waals surface area contributed by atoms with Crippen molar-refractivity contribution in [3.05, 3.63) is 21.7 Å². The fourth-order valence-corrected chi connectivity index (χ4v) is 3.72. The SMILES string of the molecule is CC(C)CN1CCC(Nc2nc3sccn3c2[N+](=O)[O-])CC1. The number of hydrogen-bond acceptors (Lipinski definition) is 6. The third kappa shape index (κ3) is 3.07. The first kappa shape index (κ1) is 15.2. The molecule has 0 aliphatic carbocycles. The Morgan fingerprint density at radius 1 is 1.50 bits per heavy atom. The van der Waals surface area contributed by atoms with E-state index in [1.54, 1.807) is 10.6 Å². The number of fused-ring (bicyclic) bond motifs is 1. The molecule has 8 heteroatoms. The van der Waals surface area contributed by atoms with Crippen LogP contribution in [0, 0.1) is 16.0 Å². The smallest absolute Gasteiger partial charge is 0.360 e. The first-order valence-electron chi connectivity index (χ1n) is 7.63. The van der Waals surface area contributed by atoms with Crippen LogP contribution >= 0.6 is 11.3 Å². The quantitative estimate of drug-likeness (QED) is 0.676. The molecule has 0 unspecified atom stereocenters. The average molecular weight is 323 g/mol. The third-order valence-corrected chi connectivity index (χ3v) is 4.72. The molecular formula is C14H21N5O2S. The lowest BCUT2D eigenvalue weighted by molar-refractivity contribution is -0.389. The van der Waals surface area contributed by atoms with Gasteiger partial charge in [0.2, 0.25) is 5.82 Å². The van der Waals surface area contributed by atoms with E-state index in [9.17, 15) is 10.1 Å². The summed E-state index contributed by atoms with van der Waals surface area (Å²) in [7, 11) is 0. The minimum Gasteiger partial charge on any atom is -0.360 e. The highest BCUT2D eigenvalue weighted by atomic mass is 32.1. The molecule has 0 aromatic carbocycles. The van der Waals surface area contributed by atoms with Gasteiger partial charge < -0.3 is 20.3 Å². The van der Waals surface area contributed by atoms with Gasteiger partial charge in [0.15, 0.2) is 0 Å². The number of piperidine rings is 1. The Balaban J connectivity index is 1.68. The molecule has 0 atom stereocenters. The maximum Gasteiger partial charge on any atom is 0.372 e. The highest BCUT2D eigenvalue weighted by molar-refractivity contribution is 7.15. The van der Waals surface area contributed by atoms with Crippen molar-refractivity contribution in [1.82, 2.24) is 14.3 Å². The van der Waals surface area contributed by atoms with Gasteiger partial charge in [0.1, 0.15) is 6.20 Å². The minimum absolute atomic E-state index is 0.0425. The Hall–Kier alpha value is -1.67. The molecular weight excluding hydrogens is 302 g/mol. The van der Waals surface area contributed by atoms with E-state index < -0.39 is 0 Å². The second-order valence-corrected chi connectivity index (χ2v) is 7.08. The van der Waals surface area contributed by atoms with Crippen LogP contribution < -0.4 is 5.32 Å². The van der Waals surface area contributed by atoms with Crippen LogP contribution in [-0.2, 0) is 0 Å². The van der Waals surface area contributed by atoms with E-state index in [-0.39, 0.29) is 16.8 Å². The molecule has 1 aliphatic rings. The highest BCUT2D eigenvalue weighted by Gasteiger charge is 2.27. The number of nitrogens with zero attached hydrogens (tertiary/aromatic N) is 4. The third-order valence-electron chi connectivity index (χ3n) is 3.96. The number of imidazole rings is 1. The minimum atomic E-state index is -0.358. The Morgan fingerprint density at radius 3 is 2.86 bits per heavy atom. The molecule has 7 nitrogen and oxygen atoms in total. The fourth-order valence-electron chi connectivity index (χ4n) is 3.01. The summed E-state index contributed by atoms with van der Waals surface area (Å²) in [5.74, 6) is 1.12. The number of anilines is 1. The standard InChI is InChI=1S/C14H21N5O2S/c1-10(2)9-17-5-3-11(4-6-17)15-12-13(19(20)21)18-7-8-22-14(18)16-12/h7-8,10-11,15H,3-6,9H2,1-2H3. The van der Waals surface area contributed by atoms with Gasteiger partial charge in [-0.25, -0.2) is 0 Å². The lowest BCUT2D eigenvalue weighted by Crippen LogP contribution is -2.40. The van der Waals surface area contributed by atoms with Crippen LogP contribution in [-0.4, -0.2) is 44.9 Å². The van der Waals surface area contributed by atoms with Gasteiger partial charge in [0, 0.05) is 31.1 Å². The molecule has 2 aromatic rings. The number of nitrogens with one attached hydrogen (secondary N) is 1. The van der Waals surface area contributed by atoms with E-state index >= 15 is 0 Å². The number of aromatic nitrogens is 2. The summed E-state index contributed by atoms with van der Waals surface area (Å²) >= 11 is 1.41. The van der Waals surface area contributed by atoms with Crippen molar-refractivity contribution in [2.24, 2.45) is 5.92 Å². The molecule has 2 aromatic heterocycles. The van der Waals surface area contributed by atoms with E-state index in [2.05, 4.69) is 29.0 Å². The normalized spacial score (nSPS) is 17.4. The molecule has 0 radical (unpaired) electrons. The topological polar surface area (TPSA) is 75.7 Å². The van der Waals surface area contributed by atoms with Gasteiger partial charge in [-0.2, -0.15) is 9.38 Å². The second-order valence-electron chi connectivity index (χ2n) is 6.21. The van der Waals surface area contributed by atoms with E-state index in [0.29, 0.717) is 16.7 Å². The summed E-state index contributed by atoms with van der Waals surface area (Å²) in [5.41, 5.74) is 0. The van der Waals surface area contributed by atoms with Crippen LogP contribution in [0.4, 0.5) is 11.6 Å². The van der Waals surface area contributed by atoms with E-state index in [1.807, 2.05) is 5.38 Å². The van der Waals surface area contributed by atoms with Crippen molar-refractivity contribution in [2.45, 2.75) is 32.7 Å². The fraction of sp³-hybridized carbons (Fsp3) is 0.643. The molecule has 120 valence electrons. The van der Waals surface area contributed by atoms with Gasteiger partial charge in [-0.3, -0.25) is 0 Å². The van der Waals surface area contributed by atoms with Crippen molar-refractivity contribution < 1.29 is 4.92 Å². The predicted molar refractivity (Wildman–Crippen MR) is 87.6 cm³/mol. The summed E-state index contributed by atoms with van der Waals surface area (Å²) < 4.78 is 1.54. The van der Waals surface area contributed by atoms with Gasteiger partial charge >= 0.3 is 5.82 Å². The first-order valence-corrected chi connectivity index (χ1v) is 8.51. The first-order chi connectivity index (χ1) is 10.5. The molecule has 1 N–H and O–H groups in total. The largest absolute Gasteiger partial charge is 0.372 e. The molecule has 0 spiro atoms. The van der Waals surface area contributed by atoms with E-state index in [4.69, 9.17) is 0 Å². The summed E-state index contributed by atoms with van der Waals surface area (Å²) in [6.45, 7) is 7.64. The molecule has 22 heavy (non-hydrogen) atoms. The van der Waals surface area contributed by atoms with Crippen LogP contribution in [0.5, 0.6) is 0 Å². The summed E-state index contributed by atoms with van der Waals surface area (Å²) in [6, 6.07) is 0.256. The number of thiazole rings is 1. The summed E-state index contributed by atoms with van der Waals surface area (Å²) in [4.78, 5) is 18.4. The zero-order chi connectivity index (χ0) is 15.7. The molecule has 1 saturated heterocycles. The summed E-state index contributed by atoms with van der Waals surface area (Å²) in [6.07, 6.45) is 3.69. The van der Waals surface area contributed by atoms with Gasteiger partial charge in [0.05, 0.1) is 0 Å². The van der Waals surface area contributed by atoms with E-state index in [1.165, 1.54) is 11.3 Å². The molecule has 3 heterocycles. The van der Waals surface area contributed by atoms with Crippen LogP contribution in [0.25, 0.3) is 4.96 Å². The molecule has 0 bridgehead atoms. The Morgan fingerprint density at radius 2 is 2.23 bits per heavy atom. The van der Waals surface area contributed by atoms with Crippen molar-refractivity contribution in [3.8, 4) is 0 Å². The predicted octanol–water partition coefficient (Wildman–Crippen LogP) is 2.84. The van der Waals surface area contributed by atoms with Gasteiger partial charge in [-0.15, -0.1) is 0 Å². The lowest BCUT2D eigenvalue weighted by atomic mass is 10.0. The Labute approximate surface area is 133 Å². The summed E-state index contributed by atoms with van der Waals surface area (Å²) in [5, 5.41) is 16.4. The number of rotatable bonds is 5. The molecule has 1 aliphatic heterocycles. The van der Waals surface area contributed by atoms with Crippen LogP contribution in [0.2, 0.25) is 0 Å². The molecule has 0 saturated carbocycles. The second kappa shape index (κ2) is 6.21. The van der Waals surface area contributed by atoms with Gasteiger partial charge in [-0.1, -0.05) is 25.2 Å². The van der Waals surface area contributed by atoms with Gasteiger partial charge in [-0.05, 0) is 23.7 Å². The van der Waals surface area contributed by atoms with Crippen molar-refractivity contribution in [2.75, 3.05) is 25.0 Å².